The van der Waals surface area contributed by atoms with E-state index in [1.165, 1.54) is 23.1 Å². The average Bonchev–Trinajstić information content (AvgIpc) is 3.12. The molecule has 2 saturated carbocycles. The first-order chi connectivity index (χ1) is 15.8. The number of carbonyl (C=O) groups is 2. The van der Waals surface area contributed by atoms with Crippen molar-refractivity contribution < 1.29 is 14.7 Å². The van der Waals surface area contributed by atoms with E-state index in [0.29, 0.717) is 23.5 Å². The van der Waals surface area contributed by atoms with Crippen molar-refractivity contribution >= 4 is 23.5 Å². The molecule has 1 aromatic carbocycles. The van der Waals surface area contributed by atoms with Gasteiger partial charge in [-0.3, -0.25) is 4.79 Å². The Morgan fingerprint density at radius 3 is 2.79 bits per heavy atom. The lowest BCUT2D eigenvalue weighted by atomic mass is 9.55. The van der Waals surface area contributed by atoms with Crippen molar-refractivity contribution in [3.05, 3.63) is 34.2 Å². The number of halogens is 1. The number of likely N-dealkylation sites (N-methyl/N-ethyl adjacent to an activating group) is 1. The number of nitrogens with one attached hydrogen (secondary N) is 1. The Kier molecular flexibility index (Phi) is 6.84. The highest BCUT2D eigenvalue weighted by atomic mass is 35.5. The fraction of sp³-hybridized carbons (Fsp3) is 0.667. The first-order valence-corrected chi connectivity index (χ1v) is 12.3. The van der Waals surface area contributed by atoms with E-state index < -0.39 is 6.03 Å². The van der Waals surface area contributed by atoms with Gasteiger partial charge in [0.2, 0.25) is 5.91 Å². The molecule has 33 heavy (non-hydrogen) atoms. The number of urea groups is 1. The molecule has 9 heteroatoms. The third-order valence-electron chi connectivity index (χ3n) is 8.37. The van der Waals surface area contributed by atoms with Crippen LogP contribution in [0, 0.1) is 22.2 Å². The molecular weight excluding hydrogens is 444 g/mol. The van der Waals surface area contributed by atoms with Gasteiger partial charge in [-0.25, -0.2) is 4.79 Å². The molecule has 0 saturated heterocycles. The fourth-order valence-corrected chi connectivity index (χ4v) is 6.94. The third-order valence-corrected chi connectivity index (χ3v) is 8.54. The Labute approximate surface area is 199 Å². The van der Waals surface area contributed by atoms with E-state index in [0.717, 1.165) is 43.5 Å². The van der Waals surface area contributed by atoms with Crippen LogP contribution in [0.15, 0.2) is 23.5 Å². The van der Waals surface area contributed by atoms with Gasteiger partial charge in [0.25, 0.3) is 0 Å². The topological polar surface area (TPSA) is 102 Å². The number of aryl methyl sites for hydroxylation is 1. The maximum atomic E-state index is 12.8. The number of aromatic hydroxyl groups is 1. The third kappa shape index (κ3) is 4.42. The molecule has 5 atom stereocenters. The van der Waals surface area contributed by atoms with Crippen LogP contribution < -0.4 is 5.32 Å². The number of nitrogens with zero attached hydrogens (tertiary/aromatic N) is 3. The molecule has 4 rings (SSSR count). The Morgan fingerprint density at radius 1 is 1.27 bits per heavy atom. The van der Waals surface area contributed by atoms with E-state index in [-0.39, 0.29) is 36.3 Å². The van der Waals surface area contributed by atoms with Crippen LogP contribution in [0.25, 0.3) is 0 Å². The number of hydrogen-bond donors (Lipinski definition) is 2. The number of benzene rings is 1. The molecule has 3 aliphatic rings. The normalized spacial score (nSPS) is 29.9. The van der Waals surface area contributed by atoms with Crippen molar-refractivity contribution in [3.8, 4) is 5.75 Å². The van der Waals surface area contributed by atoms with Gasteiger partial charge in [-0.05, 0) is 85.0 Å². The highest BCUT2D eigenvalue weighted by Gasteiger charge is 2.55. The Hall–Kier alpha value is -2.35. The lowest BCUT2D eigenvalue weighted by molar-refractivity contribution is -0.123. The quantitative estimate of drug-likeness (QED) is 0.368. The van der Waals surface area contributed by atoms with Gasteiger partial charge in [-0.1, -0.05) is 13.0 Å². The maximum absolute atomic E-state index is 12.8. The summed E-state index contributed by atoms with van der Waals surface area (Å²) < 4.78 is 0. The summed E-state index contributed by atoms with van der Waals surface area (Å²) in [6, 6.07) is 5.27. The van der Waals surface area contributed by atoms with Gasteiger partial charge in [-0.15, -0.1) is 16.5 Å². The second kappa shape index (κ2) is 9.49. The van der Waals surface area contributed by atoms with E-state index in [1.54, 1.807) is 6.07 Å². The summed E-state index contributed by atoms with van der Waals surface area (Å²) in [5, 5.41) is 16.5. The number of fused-ring (bicyclic) bond motifs is 5. The molecule has 0 aliphatic heterocycles. The number of carbonyl (C=O) groups excluding carboxylic acids is 2. The molecule has 3 aliphatic carbocycles. The summed E-state index contributed by atoms with van der Waals surface area (Å²) in [4.78, 5) is 37.2. The Morgan fingerprint density at radius 2 is 2.06 bits per heavy atom. The number of nitroso groups, excluding NO2 is 1. The van der Waals surface area contributed by atoms with Crippen molar-refractivity contribution in [2.45, 2.75) is 57.4 Å². The fourth-order valence-electron chi connectivity index (χ4n) is 6.78. The summed E-state index contributed by atoms with van der Waals surface area (Å²) >= 11 is 5.60. The monoisotopic (exact) mass is 476 g/mol. The van der Waals surface area contributed by atoms with Gasteiger partial charge in [0.05, 0.1) is 11.8 Å². The zero-order chi connectivity index (χ0) is 23.8. The summed E-state index contributed by atoms with van der Waals surface area (Å²) in [6.45, 7) is 2.18. The molecular formula is C24H33ClN4O4. The lowest BCUT2D eigenvalue weighted by Crippen LogP contribution is -2.52. The molecule has 3 amide bonds. The van der Waals surface area contributed by atoms with Crippen LogP contribution in [-0.4, -0.2) is 59.0 Å². The standard InChI is InChI=1S/C24H33ClN4O4/c1-24-10-9-18-17-6-4-16(30)13-15(17)3-5-19(18)20(24)7-8-21(24)26-22(31)14-28(2)23(32)29(27-33)12-11-25/h4,6,13,18-21,30H,3,5,7-12,14H2,1-2H3,(H,26,31)/t18-,19-,20+,21+,24+/m1/s1. The predicted octanol–water partition coefficient (Wildman–Crippen LogP) is 4.01. The molecule has 180 valence electrons. The van der Waals surface area contributed by atoms with Crippen molar-refractivity contribution in [1.29, 1.82) is 0 Å². The Balaban J connectivity index is 1.40. The van der Waals surface area contributed by atoms with Crippen LogP contribution in [0.3, 0.4) is 0 Å². The second-order valence-corrected chi connectivity index (χ2v) is 10.5. The van der Waals surface area contributed by atoms with Crippen LogP contribution in [0.2, 0.25) is 0 Å². The summed E-state index contributed by atoms with van der Waals surface area (Å²) in [6.07, 6.45) is 6.25. The molecule has 0 bridgehead atoms. The van der Waals surface area contributed by atoms with Crippen LogP contribution >= 0.6 is 11.6 Å². The number of rotatable bonds is 6. The largest absolute Gasteiger partial charge is 0.508 e. The van der Waals surface area contributed by atoms with E-state index >= 15 is 0 Å². The zero-order valence-electron chi connectivity index (χ0n) is 19.3. The number of phenolic OH excluding ortho intramolecular Hbond substituents is 1. The summed E-state index contributed by atoms with van der Waals surface area (Å²) in [5.41, 5.74) is 2.70. The molecule has 8 nitrogen and oxygen atoms in total. The van der Waals surface area contributed by atoms with Gasteiger partial charge < -0.3 is 15.3 Å². The second-order valence-electron chi connectivity index (χ2n) is 10.1. The van der Waals surface area contributed by atoms with E-state index in [1.807, 2.05) is 6.07 Å². The zero-order valence-corrected chi connectivity index (χ0v) is 20.1. The van der Waals surface area contributed by atoms with Crippen LogP contribution in [0.1, 0.15) is 56.1 Å². The van der Waals surface area contributed by atoms with Crippen molar-refractivity contribution in [2.24, 2.45) is 22.5 Å². The van der Waals surface area contributed by atoms with E-state index in [4.69, 9.17) is 11.6 Å². The van der Waals surface area contributed by atoms with Crippen LogP contribution in [0.5, 0.6) is 5.75 Å². The molecule has 0 aromatic heterocycles. The Bertz CT molecular complexity index is 928. The summed E-state index contributed by atoms with van der Waals surface area (Å²) in [7, 11) is 1.48. The molecule has 0 spiro atoms. The smallest absolute Gasteiger partial charge is 0.343 e. The van der Waals surface area contributed by atoms with Crippen molar-refractivity contribution in [2.75, 3.05) is 26.0 Å². The van der Waals surface area contributed by atoms with Gasteiger partial charge in [-0.2, -0.15) is 5.01 Å². The molecule has 0 heterocycles. The van der Waals surface area contributed by atoms with E-state index in [2.05, 4.69) is 23.6 Å². The molecule has 0 radical (unpaired) electrons. The maximum Gasteiger partial charge on any atom is 0.343 e. The highest BCUT2D eigenvalue weighted by Crippen LogP contribution is 2.60. The summed E-state index contributed by atoms with van der Waals surface area (Å²) in [5.74, 6) is 1.87. The van der Waals surface area contributed by atoms with Gasteiger partial charge in [0.1, 0.15) is 12.3 Å². The minimum Gasteiger partial charge on any atom is -0.508 e. The lowest BCUT2D eigenvalue weighted by Gasteiger charge is -2.51. The number of alkyl halides is 1. The number of phenols is 1. The van der Waals surface area contributed by atoms with Gasteiger partial charge in [0.15, 0.2) is 0 Å². The minimum atomic E-state index is -0.635. The molecule has 2 fully saturated rings. The van der Waals surface area contributed by atoms with Crippen molar-refractivity contribution in [3.63, 3.8) is 0 Å². The van der Waals surface area contributed by atoms with Crippen molar-refractivity contribution in [1.82, 2.24) is 15.2 Å². The average molecular weight is 477 g/mol. The first kappa shape index (κ1) is 23.8. The predicted molar refractivity (Wildman–Crippen MR) is 126 cm³/mol. The number of amides is 3. The molecule has 2 N–H and O–H groups in total. The number of hydrogen-bond acceptors (Lipinski definition) is 5. The van der Waals surface area contributed by atoms with Crippen LogP contribution in [0.4, 0.5) is 4.79 Å². The van der Waals surface area contributed by atoms with Gasteiger partial charge >= 0.3 is 6.03 Å². The molecule has 1 aromatic rings. The van der Waals surface area contributed by atoms with Crippen LogP contribution in [-0.2, 0) is 11.2 Å². The SMILES string of the molecule is CN(CC(=O)N[C@H]1CC[C@H]2[C@@H]3CCc4cc(O)ccc4[C@H]3CC[C@]12C)C(=O)N(CCCl)N=O. The molecule has 0 unspecified atom stereocenters. The minimum absolute atomic E-state index is 0.00350. The van der Waals surface area contributed by atoms with E-state index in [9.17, 15) is 19.6 Å². The first-order valence-electron chi connectivity index (χ1n) is 11.8. The highest BCUT2D eigenvalue weighted by molar-refractivity contribution is 6.18. The van der Waals surface area contributed by atoms with Gasteiger partial charge in [0, 0.05) is 19.0 Å².